The fourth-order valence-electron chi connectivity index (χ4n) is 2.68. The van der Waals surface area contributed by atoms with E-state index < -0.39 is 0 Å². The van der Waals surface area contributed by atoms with Gasteiger partial charge in [0.2, 0.25) is 0 Å². The van der Waals surface area contributed by atoms with Gasteiger partial charge in [-0.25, -0.2) is 0 Å². The van der Waals surface area contributed by atoms with Gasteiger partial charge in [-0.1, -0.05) is 13.0 Å². The van der Waals surface area contributed by atoms with E-state index in [-0.39, 0.29) is 5.75 Å². The number of aliphatic imine (C=N–C) groups is 1. The molecule has 1 aromatic rings. The molecular formula is C17H27N3O2S. The van der Waals surface area contributed by atoms with Crippen LogP contribution < -0.4 is 10.1 Å². The highest BCUT2D eigenvalue weighted by Gasteiger charge is 2.21. The number of ether oxygens (including phenoxy) is 1. The van der Waals surface area contributed by atoms with Gasteiger partial charge in [0.1, 0.15) is 11.5 Å². The molecule has 0 spiro atoms. The Labute approximate surface area is 143 Å². The topological polar surface area (TPSA) is 57.1 Å². The number of phenolic OH excluding ortho intramolecular Hbond substituents is 1. The quantitative estimate of drug-likeness (QED) is 0.638. The molecule has 6 heteroatoms. The number of hydrogen-bond acceptors (Lipinski definition) is 4. The van der Waals surface area contributed by atoms with Crippen LogP contribution in [-0.4, -0.2) is 60.8 Å². The van der Waals surface area contributed by atoms with Crippen molar-refractivity contribution < 1.29 is 9.84 Å². The molecule has 1 unspecified atom stereocenters. The van der Waals surface area contributed by atoms with Gasteiger partial charge in [-0.05, 0) is 24.5 Å². The van der Waals surface area contributed by atoms with Gasteiger partial charge in [-0.3, -0.25) is 4.99 Å². The number of rotatable bonds is 5. The van der Waals surface area contributed by atoms with E-state index in [4.69, 9.17) is 4.74 Å². The van der Waals surface area contributed by atoms with Gasteiger partial charge >= 0.3 is 0 Å². The van der Waals surface area contributed by atoms with Crippen LogP contribution in [0.1, 0.15) is 18.9 Å². The standard InChI is InChI=1S/C17H27N3O2S/c1-4-15-12-20(9-10-23-15)17(18-2)19-8-7-13-5-6-14(22-3)11-16(13)21/h5-6,11,15,21H,4,7-10,12H2,1-3H3,(H,18,19). The molecule has 1 aromatic carbocycles. The highest BCUT2D eigenvalue weighted by molar-refractivity contribution is 8.00. The molecule has 5 nitrogen and oxygen atoms in total. The van der Waals surface area contributed by atoms with Crippen molar-refractivity contribution in [3.05, 3.63) is 23.8 Å². The van der Waals surface area contributed by atoms with E-state index in [1.54, 1.807) is 13.2 Å². The number of guanidine groups is 1. The van der Waals surface area contributed by atoms with E-state index in [1.807, 2.05) is 19.2 Å². The maximum Gasteiger partial charge on any atom is 0.193 e. The van der Waals surface area contributed by atoms with Crippen LogP contribution in [-0.2, 0) is 6.42 Å². The molecule has 0 radical (unpaired) electrons. The minimum Gasteiger partial charge on any atom is -0.508 e. The predicted octanol–water partition coefficient (Wildman–Crippen LogP) is 2.35. The molecule has 1 aliphatic heterocycles. The zero-order valence-corrected chi connectivity index (χ0v) is 15.0. The lowest BCUT2D eigenvalue weighted by atomic mass is 10.1. The summed E-state index contributed by atoms with van der Waals surface area (Å²) < 4.78 is 5.11. The van der Waals surface area contributed by atoms with E-state index in [0.29, 0.717) is 11.0 Å². The molecule has 0 amide bonds. The van der Waals surface area contributed by atoms with Crippen molar-refractivity contribution in [1.29, 1.82) is 0 Å². The highest BCUT2D eigenvalue weighted by Crippen LogP contribution is 2.24. The van der Waals surface area contributed by atoms with E-state index in [0.717, 1.165) is 43.3 Å². The van der Waals surface area contributed by atoms with Gasteiger partial charge in [0.15, 0.2) is 5.96 Å². The second-order valence-electron chi connectivity index (χ2n) is 5.57. The lowest BCUT2D eigenvalue weighted by Crippen LogP contribution is -2.48. The molecule has 1 saturated heterocycles. The summed E-state index contributed by atoms with van der Waals surface area (Å²) in [6.45, 7) is 5.07. The monoisotopic (exact) mass is 337 g/mol. The van der Waals surface area contributed by atoms with Crippen molar-refractivity contribution in [2.45, 2.75) is 25.0 Å². The van der Waals surface area contributed by atoms with E-state index in [9.17, 15) is 5.11 Å². The van der Waals surface area contributed by atoms with Crippen molar-refractivity contribution in [3.8, 4) is 11.5 Å². The molecule has 128 valence electrons. The summed E-state index contributed by atoms with van der Waals surface area (Å²) in [7, 11) is 3.43. The Morgan fingerprint density at radius 2 is 2.35 bits per heavy atom. The first-order chi connectivity index (χ1) is 11.2. The third-order valence-corrected chi connectivity index (χ3v) is 5.45. The first kappa shape index (κ1) is 17.8. The summed E-state index contributed by atoms with van der Waals surface area (Å²) in [5.41, 5.74) is 0.911. The molecule has 2 N–H and O–H groups in total. The third kappa shape index (κ3) is 4.96. The Morgan fingerprint density at radius 3 is 3.00 bits per heavy atom. The third-order valence-electron chi connectivity index (χ3n) is 4.08. The summed E-state index contributed by atoms with van der Waals surface area (Å²) in [5, 5.41) is 14.1. The molecule has 0 saturated carbocycles. The van der Waals surface area contributed by atoms with E-state index in [2.05, 4.69) is 33.9 Å². The molecule has 0 bridgehead atoms. The van der Waals surface area contributed by atoms with Crippen LogP contribution in [0.3, 0.4) is 0 Å². The predicted molar refractivity (Wildman–Crippen MR) is 97.8 cm³/mol. The Balaban J connectivity index is 1.86. The minimum absolute atomic E-state index is 0.279. The van der Waals surface area contributed by atoms with Crippen LogP contribution in [0.5, 0.6) is 11.5 Å². The summed E-state index contributed by atoms with van der Waals surface area (Å²) in [5.74, 6) is 3.06. The molecule has 1 heterocycles. The molecule has 1 fully saturated rings. The number of hydrogen-bond donors (Lipinski definition) is 2. The molecule has 0 aliphatic carbocycles. The lowest BCUT2D eigenvalue weighted by molar-refractivity contribution is 0.404. The normalized spacial score (nSPS) is 18.8. The van der Waals surface area contributed by atoms with Crippen molar-refractivity contribution in [2.75, 3.05) is 39.5 Å². The van der Waals surface area contributed by atoms with Gasteiger partial charge in [0, 0.05) is 43.8 Å². The largest absolute Gasteiger partial charge is 0.508 e. The van der Waals surface area contributed by atoms with Gasteiger partial charge in [0.25, 0.3) is 0 Å². The smallest absolute Gasteiger partial charge is 0.193 e. The SMILES string of the molecule is CCC1CN(C(=NC)NCCc2ccc(OC)cc2O)CCS1. The first-order valence-corrected chi connectivity index (χ1v) is 9.15. The van der Waals surface area contributed by atoms with Crippen LogP contribution in [0.4, 0.5) is 0 Å². The van der Waals surface area contributed by atoms with Crippen LogP contribution in [0.2, 0.25) is 0 Å². The maximum absolute atomic E-state index is 10.0. The van der Waals surface area contributed by atoms with Gasteiger partial charge in [0.05, 0.1) is 7.11 Å². The average Bonchev–Trinajstić information content (AvgIpc) is 2.59. The van der Waals surface area contributed by atoms with Gasteiger partial charge < -0.3 is 20.1 Å². The fraction of sp³-hybridized carbons (Fsp3) is 0.588. The number of methoxy groups -OCH3 is 1. The molecule has 2 rings (SSSR count). The van der Waals surface area contributed by atoms with Gasteiger partial charge in [-0.15, -0.1) is 0 Å². The Hall–Kier alpha value is -1.56. The zero-order valence-electron chi connectivity index (χ0n) is 14.2. The number of nitrogens with zero attached hydrogens (tertiary/aromatic N) is 2. The fourth-order valence-corrected chi connectivity index (χ4v) is 3.86. The summed E-state index contributed by atoms with van der Waals surface area (Å²) in [6.07, 6.45) is 1.94. The number of aromatic hydroxyl groups is 1. The van der Waals surface area contributed by atoms with E-state index in [1.165, 1.54) is 6.42 Å². The van der Waals surface area contributed by atoms with E-state index >= 15 is 0 Å². The van der Waals surface area contributed by atoms with Crippen molar-refractivity contribution in [2.24, 2.45) is 4.99 Å². The summed E-state index contributed by atoms with van der Waals surface area (Å²) >= 11 is 2.05. The molecule has 1 aliphatic rings. The second kappa shape index (κ2) is 8.91. The van der Waals surface area contributed by atoms with Crippen molar-refractivity contribution >= 4 is 17.7 Å². The van der Waals surface area contributed by atoms with Gasteiger partial charge in [-0.2, -0.15) is 11.8 Å². The van der Waals surface area contributed by atoms with Crippen LogP contribution in [0.25, 0.3) is 0 Å². The van der Waals surface area contributed by atoms with Crippen LogP contribution in [0.15, 0.2) is 23.2 Å². The molecule has 1 atom stereocenters. The van der Waals surface area contributed by atoms with Crippen molar-refractivity contribution in [3.63, 3.8) is 0 Å². The lowest BCUT2D eigenvalue weighted by Gasteiger charge is -2.34. The Bertz CT molecular complexity index is 537. The molecule has 0 aromatic heterocycles. The average molecular weight is 337 g/mol. The number of benzene rings is 1. The zero-order chi connectivity index (χ0) is 16.7. The molecule has 23 heavy (non-hydrogen) atoms. The van der Waals surface area contributed by atoms with Crippen LogP contribution >= 0.6 is 11.8 Å². The molecular weight excluding hydrogens is 310 g/mol. The Kier molecular flexibility index (Phi) is 6.89. The number of phenols is 1. The Morgan fingerprint density at radius 1 is 1.52 bits per heavy atom. The summed E-state index contributed by atoms with van der Waals surface area (Å²) in [6, 6.07) is 5.43. The number of nitrogens with one attached hydrogen (secondary N) is 1. The maximum atomic E-state index is 10.0. The second-order valence-corrected chi connectivity index (χ2v) is 6.97. The minimum atomic E-state index is 0.279. The highest BCUT2D eigenvalue weighted by atomic mass is 32.2. The summed E-state index contributed by atoms with van der Waals surface area (Å²) in [4.78, 5) is 6.73. The number of thioether (sulfide) groups is 1. The van der Waals surface area contributed by atoms with Crippen molar-refractivity contribution in [1.82, 2.24) is 10.2 Å². The van der Waals surface area contributed by atoms with Crippen LogP contribution in [0, 0.1) is 0 Å². The first-order valence-electron chi connectivity index (χ1n) is 8.11.